The molecule has 56 heavy (non-hydrogen) atoms. The molecule has 3 heterocycles. The van der Waals surface area contributed by atoms with E-state index in [1.165, 1.54) is 17.5 Å². The number of nitrogens with zero attached hydrogens (tertiary/aromatic N) is 4. The SMILES string of the molecule is CN(C)C(=O)CCC=O.CN(O)C(=O)C1=C[NH+](CCCSO)C2N=C(/C=C/C=C/C=C3/N(CCCSO)c4ccc(PO)cc4C3(C)C)C(C)(C)C2=C1.O=CO. The third kappa shape index (κ3) is 13.0. The molecule has 4 rings (SSSR count). The molecule has 17 heteroatoms. The maximum absolute atomic E-state index is 12.7. The zero-order chi connectivity index (χ0) is 42.1. The lowest BCUT2D eigenvalue weighted by Gasteiger charge is -2.30. The van der Waals surface area contributed by atoms with Gasteiger partial charge in [0.2, 0.25) is 12.1 Å². The average Bonchev–Trinajstić information content (AvgIpc) is 3.54. The van der Waals surface area contributed by atoms with Crippen LogP contribution in [0, 0.1) is 5.41 Å². The van der Waals surface area contributed by atoms with Crippen LogP contribution >= 0.6 is 32.9 Å². The first-order valence-electron chi connectivity index (χ1n) is 18.0. The summed E-state index contributed by atoms with van der Waals surface area (Å²) >= 11 is 1.67. The maximum atomic E-state index is 12.7. The lowest BCUT2D eigenvalue weighted by Crippen LogP contribution is -3.12. The molecule has 0 aliphatic carbocycles. The van der Waals surface area contributed by atoms with Gasteiger partial charge in [-0.15, -0.1) is 0 Å². The van der Waals surface area contributed by atoms with Gasteiger partial charge in [-0.2, -0.15) is 0 Å². The van der Waals surface area contributed by atoms with E-state index in [4.69, 9.17) is 14.9 Å². The predicted octanol–water partition coefficient (Wildman–Crippen LogP) is 4.30. The van der Waals surface area contributed by atoms with Crippen molar-refractivity contribution in [3.63, 3.8) is 0 Å². The second kappa shape index (κ2) is 23.6. The molecule has 14 nitrogen and oxygen atoms in total. The molecule has 0 spiro atoms. The van der Waals surface area contributed by atoms with Crippen LogP contribution in [0.1, 0.15) is 58.9 Å². The van der Waals surface area contributed by atoms with E-state index in [9.17, 15) is 33.6 Å². The van der Waals surface area contributed by atoms with Crippen LogP contribution in [0.4, 0.5) is 5.69 Å². The summed E-state index contributed by atoms with van der Waals surface area (Å²) in [6, 6.07) is 6.16. The van der Waals surface area contributed by atoms with Gasteiger partial charge in [0.05, 0.1) is 17.8 Å². The van der Waals surface area contributed by atoms with Gasteiger partial charge in [0.1, 0.15) is 12.5 Å². The fourth-order valence-electron chi connectivity index (χ4n) is 6.54. The number of amides is 2. The minimum absolute atomic E-state index is 0.00194. The zero-order valence-electron chi connectivity index (χ0n) is 33.1. The number of fused-ring (bicyclic) bond motifs is 2. The summed E-state index contributed by atoms with van der Waals surface area (Å²) in [7, 11) is 4.42. The van der Waals surface area contributed by atoms with Gasteiger partial charge in [0.15, 0.2) is 0 Å². The lowest BCUT2D eigenvalue weighted by molar-refractivity contribution is -0.868. The molecule has 0 radical (unpaired) electrons. The largest absolute Gasteiger partial charge is 0.483 e. The fraction of sp³-hybridized carbons (Fsp3) is 0.462. The van der Waals surface area contributed by atoms with Crippen LogP contribution in [-0.2, 0) is 24.6 Å². The van der Waals surface area contributed by atoms with Gasteiger partial charge in [-0.1, -0.05) is 52.0 Å². The van der Waals surface area contributed by atoms with E-state index in [0.717, 1.165) is 82.6 Å². The first-order chi connectivity index (χ1) is 26.6. The zero-order valence-corrected chi connectivity index (χ0v) is 35.8. The van der Waals surface area contributed by atoms with E-state index in [0.29, 0.717) is 41.5 Å². The number of carboxylic acid groups (broad SMARTS) is 1. The summed E-state index contributed by atoms with van der Waals surface area (Å²) in [5, 5.41) is 18.2. The number of quaternary nitrogens is 1. The summed E-state index contributed by atoms with van der Waals surface area (Å²) in [5.41, 5.74) is 5.17. The quantitative estimate of drug-likeness (QED) is 0.0263. The molecule has 6 N–H and O–H groups in total. The van der Waals surface area contributed by atoms with Crippen molar-refractivity contribution in [2.45, 2.75) is 65.0 Å². The van der Waals surface area contributed by atoms with Gasteiger partial charge in [-0.25, -0.2) is 10.1 Å². The van der Waals surface area contributed by atoms with Gasteiger partial charge in [0.25, 0.3) is 12.4 Å². The Morgan fingerprint density at radius 2 is 1.68 bits per heavy atom. The van der Waals surface area contributed by atoms with Crippen molar-refractivity contribution in [2.24, 2.45) is 10.4 Å². The summed E-state index contributed by atoms with van der Waals surface area (Å²) in [4.78, 5) is 61.1. The van der Waals surface area contributed by atoms with Crippen LogP contribution in [0.25, 0.3) is 0 Å². The van der Waals surface area contributed by atoms with Gasteiger partial charge >= 0.3 is 0 Å². The number of rotatable bonds is 16. The number of allylic oxidation sites excluding steroid dienone is 6. The predicted molar refractivity (Wildman–Crippen MR) is 227 cm³/mol. The van der Waals surface area contributed by atoms with Gasteiger partial charge < -0.3 is 33.7 Å². The molecule has 2 amide bonds. The Hall–Kier alpha value is -3.60. The number of likely N-dealkylation sites (N-methyl/N-ethyl adjacent to an activating group) is 1. The number of carbonyl (C=O) groups is 4. The Morgan fingerprint density at radius 1 is 1.02 bits per heavy atom. The van der Waals surface area contributed by atoms with Crippen molar-refractivity contribution >= 4 is 74.2 Å². The smallest absolute Gasteiger partial charge is 0.290 e. The van der Waals surface area contributed by atoms with Gasteiger partial charge in [-0.3, -0.25) is 24.5 Å². The number of hydroxylamine groups is 2. The summed E-state index contributed by atoms with van der Waals surface area (Å²) in [5.74, 6) is 0.789. The molecule has 3 unspecified atom stereocenters. The van der Waals surface area contributed by atoms with Crippen LogP contribution in [0.5, 0.6) is 0 Å². The second-order valence-corrected chi connectivity index (χ2v) is 16.4. The van der Waals surface area contributed by atoms with Crippen molar-refractivity contribution in [3.05, 3.63) is 83.3 Å². The molecule has 0 bridgehead atoms. The van der Waals surface area contributed by atoms with Crippen molar-refractivity contribution in [2.75, 3.05) is 50.6 Å². The van der Waals surface area contributed by atoms with E-state index >= 15 is 0 Å². The van der Waals surface area contributed by atoms with Crippen LogP contribution < -0.4 is 15.1 Å². The Kier molecular flexibility index (Phi) is 20.4. The molecule has 0 saturated carbocycles. The van der Waals surface area contributed by atoms with Crippen molar-refractivity contribution in [1.29, 1.82) is 0 Å². The molecule has 1 aromatic carbocycles. The highest BCUT2D eigenvalue weighted by Crippen LogP contribution is 2.47. The summed E-state index contributed by atoms with van der Waals surface area (Å²) in [6.45, 7) is 9.83. The minimum atomic E-state index is -0.463. The number of hydrogen-bond donors (Lipinski definition) is 6. The van der Waals surface area contributed by atoms with E-state index in [2.05, 4.69) is 50.8 Å². The third-order valence-electron chi connectivity index (χ3n) is 9.51. The number of aliphatic imine (C=N–C) groups is 1. The normalized spacial score (nSPS) is 19.7. The van der Waals surface area contributed by atoms with Crippen molar-refractivity contribution in [1.82, 2.24) is 9.96 Å². The fourth-order valence-corrected chi connectivity index (χ4v) is 7.44. The number of nitrogens with one attached hydrogen (secondary N) is 1. The molecule has 3 aliphatic rings. The molecule has 0 fully saturated rings. The molecule has 0 saturated heterocycles. The highest BCUT2D eigenvalue weighted by molar-refractivity contribution is 7.93. The van der Waals surface area contributed by atoms with Crippen molar-refractivity contribution < 1.29 is 48.4 Å². The highest BCUT2D eigenvalue weighted by atomic mass is 32.2. The Bertz CT molecular complexity index is 1710. The Balaban J connectivity index is 0.000000784. The van der Waals surface area contributed by atoms with Gasteiger partial charge in [-0.05, 0) is 71.7 Å². The van der Waals surface area contributed by atoms with Crippen molar-refractivity contribution in [3.8, 4) is 0 Å². The van der Waals surface area contributed by atoms with E-state index in [-0.39, 0.29) is 32.8 Å². The molecule has 3 atom stereocenters. The summed E-state index contributed by atoms with van der Waals surface area (Å²) in [6.07, 6.45) is 16.7. The molecule has 3 aliphatic heterocycles. The molecule has 308 valence electrons. The number of carbonyl (C=O) groups excluding carboxylic acids is 3. The molecular weight excluding hydrogens is 778 g/mol. The number of benzene rings is 1. The lowest BCUT2D eigenvalue weighted by atomic mass is 9.78. The maximum Gasteiger partial charge on any atom is 0.290 e. The summed E-state index contributed by atoms with van der Waals surface area (Å²) < 4.78 is 18.5. The second-order valence-electron chi connectivity index (χ2n) is 14.3. The highest BCUT2D eigenvalue weighted by Gasteiger charge is 2.46. The topological polar surface area (TPSA) is 196 Å². The standard InChI is InChI=1S/C32H43N4O5PS2.C6H11NO2.CH2O2/c1-31(2)25-19-22(30(37)34(5)38)21-35(15-9-17-43-40)29(25)33-27(31)11-7-6-8-12-28-32(3,4)24-20-23(42-39)13-14-26(24)36(28)16-10-18-44-41;1-7(2)6(9)4-3-5-8;2-1-3/h6-8,11-14,19-21,29,38-42H,9-10,15-18H2,1-5H3;5H,3-4H2,1-2H3;1H,(H,2,3)/p+1/b8-6+,11-7+,28-12+;;. The van der Waals surface area contributed by atoms with Crippen LogP contribution in [0.15, 0.2) is 82.7 Å². The minimum Gasteiger partial charge on any atom is -0.483 e. The Labute approximate surface area is 340 Å². The third-order valence-corrected chi connectivity index (χ3v) is 11.0. The number of aldehydes is 1. The number of anilines is 1. The van der Waals surface area contributed by atoms with Gasteiger partial charge in [0, 0.05) is 95.1 Å². The molecular formula is C39H57N5O9PS2+. The molecule has 0 aromatic heterocycles. The first-order valence-corrected chi connectivity index (χ1v) is 20.9. The van der Waals surface area contributed by atoms with Crippen LogP contribution in [0.3, 0.4) is 0 Å². The first kappa shape index (κ1) is 48.5. The monoisotopic (exact) mass is 834 g/mol. The molecule has 1 aromatic rings. The average molecular weight is 835 g/mol. The van der Waals surface area contributed by atoms with Crippen LogP contribution in [0.2, 0.25) is 0 Å². The number of hydrogen-bond acceptors (Lipinski definition) is 12. The van der Waals surface area contributed by atoms with E-state index < -0.39 is 11.3 Å². The van der Waals surface area contributed by atoms with Crippen LogP contribution in [-0.4, -0.2) is 116 Å². The Morgan fingerprint density at radius 3 is 2.27 bits per heavy atom. The van der Waals surface area contributed by atoms with E-state index in [1.807, 2.05) is 42.6 Å². The van der Waals surface area contributed by atoms with E-state index in [1.54, 1.807) is 14.1 Å².